The first-order chi connectivity index (χ1) is 9.29. The van der Waals surface area contributed by atoms with Crippen molar-refractivity contribution in [3.8, 4) is 0 Å². The number of hydrogen-bond donors (Lipinski definition) is 0. The molecule has 0 amide bonds. The summed E-state index contributed by atoms with van der Waals surface area (Å²) in [4.78, 5) is 15.4. The van der Waals surface area contributed by atoms with Gasteiger partial charge in [-0.3, -0.25) is 4.79 Å². The minimum absolute atomic E-state index is 0.0540. The summed E-state index contributed by atoms with van der Waals surface area (Å²) in [7, 11) is 0. The molecule has 20 heavy (non-hydrogen) atoms. The molecule has 1 aromatic heterocycles. The molecule has 0 spiro atoms. The van der Waals surface area contributed by atoms with Gasteiger partial charge in [-0.15, -0.1) is 0 Å². The predicted molar refractivity (Wildman–Crippen MR) is 76.8 cm³/mol. The van der Waals surface area contributed by atoms with E-state index < -0.39 is 22.8 Å². The van der Waals surface area contributed by atoms with Crippen molar-refractivity contribution in [3.05, 3.63) is 61.9 Å². The number of alkyl halides is 3. The topological polar surface area (TPSA) is 30.0 Å². The molecule has 0 bridgehead atoms. The molecule has 0 radical (unpaired) electrons. The summed E-state index contributed by atoms with van der Waals surface area (Å²) >= 11 is 7.72. The van der Waals surface area contributed by atoms with Gasteiger partial charge < -0.3 is 0 Å². The fourth-order valence-electron chi connectivity index (χ4n) is 1.55. The highest BCUT2D eigenvalue weighted by Gasteiger charge is 2.33. The number of pyridine rings is 1. The monoisotopic (exact) mass is 411 g/mol. The molecule has 0 unspecified atom stereocenters. The van der Waals surface area contributed by atoms with Gasteiger partial charge in [0.05, 0.1) is 5.56 Å². The minimum atomic E-state index is -4.59. The maximum absolute atomic E-state index is 12.5. The van der Waals surface area contributed by atoms with Crippen LogP contribution in [0.25, 0.3) is 0 Å². The van der Waals surface area contributed by atoms with Crippen LogP contribution >= 0.6 is 34.2 Å². The Morgan fingerprint density at radius 2 is 1.90 bits per heavy atom. The zero-order valence-electron chi connectivity index (χ0n) is 9.71. The van der Waals surface area contributed by atoms with Crippen LogP contribution in [0.5, 0.6) is 0 Å². The van der Waals surface area contributed by atoms with Gasteiger partial charge in [-0.1, -0.05) is 23.7 Å². The van der Waals surface area contributed by atoms with E-state index >= 15 is 0 Å². The summed E-state index contributed by atoms with van der Waals surface area (Å²) in [5.74, 6) is -0.463. The van der Waals surface area contributed by atoms with Gasteiger partial charge in [0.1, 0.15) is 10.8 Å². The SMILES string of the molecule is O=C(c1cccc(I)c1)c1ccc(C(F)(F)F)nc1Cl. The fraction of sp³-hybridized carbons (Fsp3) is 0.0769. The van der Waals surface area contributed by atoms with Crippen LogP contribution in [-0.2, 0) is 6.18 Å². The third-order valence-corrected chi connectivity index (χ3v) is 3.43. The number of benzene rings is 1. The summed E-state index contributed by atoms with van der Waals surface area (Å²) < 4.78 is 38.2. The van der Waals surface area contributed by atoms with E-state index in [1.54, 1.807) is 24.3 Å². The lowest BCUT2D eigenvalue weighted by Crippen LogP contribution is -2.11. The van der Waals surface area contributed by atoms with E-state index in [9.17, 15) is 18.0 Å². The Labute approximate surface area is 131 Å². The summed E-state index contributed by atoms with van der Waals surface area (Å²) in [6.45, 7) is 0. The van der Waals surface area contributed by atoms with Crippen molar-refractivity contribution in [2.45, 2.75) is 6.18 Å². The van der Waals surface area contributed by atoms with Crippen LogP contribution in [0.4, 0.5) is 13.2 Å². The van der Waals surface area contributed by atoms with Crippen LogP contribution in [0.2, 0.25) is 5.15 Å². The van der Waals surface area contributed by atoms with Crippen molar-refractivity contribution in [1.29, 1.82) is 0 Å². The van der Waals surface area contributed by atoms with Crippen LogP contribution in [0.15, 0.2) is 36.4 Å². The quantitative estimate of drug-likeness (QED) is 0.411. The number of nitrogens with zero attached hydrogens (tertiary/aromatic N) is 1. The minimum Gasteiger partial charge on any atom is -0.288 e. The highest BCUT2D eigenvalue weighted by molar-refractivity contribution is 14.1. The van der Waals surface area contributed by atoms with E-state index in [0.717, 1.165) is 15.7 Å². The number of ketones is 1. The van der Waals surface area contributed by atoms with Crippen LogP contribution in [0.3, 0.4) is 0 Å². The fourth-order valence-corrected chi connectivity index (χ4v) is 2.33. The van der Waals surface area contributed by atoms with E-state index in [-0.39, 0.29) is 5.56 Å². The van der Waals surface area contributed by atoms with Gasteiger partial charge in [-0.2, -0.15) is 13.2 Å². The average molecular weight is 412 g/mol. The van der Waals surface area contributed by atoms with E-state index in [1.165, 1.54) is 0 Å². The summed E-state index contributed by atoms with van der Waals surface area (Å²) in [6.07, 6.45) is -4.59. The summed E-state index contributed by atoms with van der Waals surface area (Å²) in [5, 5.41) is -0.455. The van der Waals surface area contributed by atoms with Gasteiger partial charge in [0.2, 0.25) is 0 Å². The second kappa shape index (κ2) is 5.69. The third-order valence-electron chi connectivity index (χ3n) is 2.47. The van der Waals surface area contributed by atoms with Gasteiger partial charge in [-0.25, -0.2) is 4.98 Å². The maximum atomic E-state index is 12.5. The van der Waals surface area contributed by atoms with Crippen molar-refractivity contribution in [2.24, 2.45) is 0 Å². The zero-order valence-corrected chi connectivity index (χ0v) is 12.6. The summed E-state index contributed by atoms with van der Waals surface area (Å²) in [5.41, 5.74) is -0.830. The van der Waals surface area contributed by atoms with Crippen LogP contribution < -0.4 is 0 Å². The number of hydrogen-bond acceptors (Lipinski definition) is 2. The highest BCUT2D eigenvalue weighted by atomic mass is 127. The lowest BCUT2D eigenvalue weighted by Gasteiger charge is -2.08. The Morgan fingerprint density at radius 3 is 2.45 bits per heavy atom. The van der Waals surface area contributed by atoms with Gasteiger partial charge in [0, 0.05) is 9.13 Å². The zero-order chi connectivity index (χ0) is 14.9. The van der Waals surface area contributed by atoms with Crippen molar-refractivity contribution in [2.75, 3.05) is 0 Å². The Hall–Kier alpha value is -1.15. The van der Waals surface area contributed by atoms with Crippen LogP contribution in [0, 0.1) is 3.57 Å². The van der Waals surface area contributed by atoms with E-state index in [1.807, 2.05) is 22.6 Å². The molecule has 0 atom stereocenters. The Balaban J connectivity index is 2.41. The second-order valence-corrected chi connectivity index (χ2v) is 5.48. The number of carbonyl (C=O) groups is 1. The van der Waals surface area contributed by atoms with E-state index in [2.05, 4.69) is 4.98 Å². The normalized spacial score (nSPS) is 11.4. The van der Waals surface area contributed by atoms with Gasteiger partial charge >= 0.3 is 6.18 Å². The maximum Gasteiger partial charge on any atom is 0.433 e. The first kappa shape index (κ1) is 15.2. The number of rotatable bonds is 2. The lowest BCUT2D eigenvalue weighted by atomic mass is 10.0. The Bertz CT molecular complexity index is 673. The highest BCUT2D eigenvalue weighted by Crippen LogP contribution is 2.30. The van der Waals surface area contributed by atoms with Crippen molar-refractivity contribution >= 4 is 40.0 Å². The van der Waals surface area contributed by atoms with E-state index in [4.69, 9.17) is 11.6 Å². The molecule has 1 aromatic carbocycles. The molecule has 2 nitrogen and oxygen atoms in total. The van der Waals surface area contributed by atoms with Crippen LogP contribution in [0.1, 0.15) is 21.6 Å². The number of carbonyl (C=O) groups excluding carboxylic acids is 1. The molecule has 104 valence electrons. The smallest absolute Gasteiger partial charge is 0.288 e. The third kappa shape index (κ3) is 3.29. The molecule has 0 aliphatic rings. The molecule has 0 N–H and O–H groups in total. The molecule has 2 rings (SSSR count). The molecular weight excluding hydrogens is 406 g/mol. The Morgan fingerprint density at radius 1 is 1.20 bits per heavy atom. The van der Waals surface area contributed by atoms with Gasteiger partial charge in [0.25, 0.3) is 0 Å². The van der Waals surface area contributed by atoms with E-state index in [0.29, 0.717) is 5.56 Å². The number of halogens is 5. The first-order valence-electron chi connectivity index (χ1n) is 5.33. The molecule has 0 saturated heterocycles. The molecular formula is C13H6ClF3INO. The van der Waals surface area contributed by atoms with Crippen molar-refractivity contribution in [3.63, 3.8) is 0 Å². The standard InChI is InChI=1S/C13H6ClF3INO/c14-12-9(4-5-10(19-12)13(15,16)17)11(20)7-2-1-3-8(18)6-7/h1-6H. The lowest BCUT2D eigenvalue weighted by molar-refractivity contribution is -0.141. The largest absolute Gasteiger partial charge is 0.433 e. The molecule has 0 aliphatic heterocycles. The van der Waals surface area contributed by atoms with Gasteiger partial charge in [0.15, 0.2) is 5.78 Å². The molecule has 0 aliphatic carbocycles. The van der Waals surface area contributed by atoms with Gasteiger partial charge in [-0.05, 0) is 46.9 Å². The molecule has 1 heterocycles. The summed E-state index contributed by atoms with van der Waals surface area (Å²) in [6, 6.07) is 8.45. The predicted octanol–water partition coefficient (Wildman–Crippen LogP) is 4.59. The second-order valence-electron chi connectivity index (χ2n) is 3.87. The van der Waals surface area contributed by atoms with Crippen LogP contribution in [-0.4, -0.2) is 10.8 Å². The average Bonchev–Trinajstić information content (AvgIpc) is 2.36. The molecule has 0 fully saturated rings. The molecule has 7 heteroatoms. The first-order valence-corrected chi connectivity index (χ1v) is 6.79. The Kier molecular flexibility index (Phi) is 4.33. The number of aromatic nitrogens is 1. The van der Waals surface area contributed by atoms with Crippen molar-refractivity contribution < 1.29 is 18.0 Å². The molecule has 0 saturated carbocycles. The molecule has 2 aromatic rings. The van der Waals surface area contributed by atoms with Crippen molar-refractivity contribution in [1.82, 2.24) is 4.98 Å².